The number of pyridine rings is 1. The van der Waals surface area contributed by atoms with Gasteiger partial charge in [-0.3, -0.25) is 5.32 Å². The van der Waals surface area contributed by atoms with Gasteiger partial charge >= 0.3 is 12.1 Å². The second-order valence-corrected chi connectivity index (χ2v) is 9.73. The van der Waals surface area contributed by atoms with Crippen molar-refractivity contribution in [1.29, 1.82) is 0 Å². The van der Waals surface area contributed by atoms with Crippen LogP contribution in [0.3, 0.4) is 0 Å². The van der Waals surface area contributed by atoms with Crippen LogP contribution in [0.2, 0.25) is 0 Å². The standard InChI is InChI=1S/C33H33N3O6/c1-5-40-32(37)31-30-29(25-15-14-23(18-27(25)35-30)41-17-16-39-4)28(21(3)34-31)24-12-9-13-26(20(24)2)36-33(38)42-19-22-10-7-6-8-11-22/h6-15,18,35H,5,16-17,19H2,1-4H3,(H,36,38). The summed E-state index contributed by atoms with van der Waals surface area (Å²) >= 11 is 0. The molecule has 42 heavy (non-hydrogen) atoms. The van der Waals surface area contributed by atoms with E-state index < -0.39 is 12.1 Å². The second kappa shape index (κ2) is 12.7. The first kappa shape index (κ1) is 28.6. The molecule has 0 saturated heterocycles. The van der Waals surface area contributed by atoms with Crippen LogP contribution in [0, 0.1) is 13.8 Å². The number of rotatable bonds is 10. The number of ether oxygens (including phenoxy) is 4. The van der Waals surface area contributed by atoms with Crippen molar-refractivity contribution in [1.82, 2.24) is 9.97 Å². The number of anilines is 1. The monoisotopic (exact) mass is 567 g/mol. The zero-order valence-electron chi connectivity index (χ0n) is 24.1. The lowest BCUT2D eigenvalue weighted by molar-refractivity contribution is 0.0521. The minimum absolute atomic E-state index is 0.164. The van der Waals surface area contributed by atoms with Crippen LogP contribution in [0.5, 0.6) is 5.75 Å². The molecule has 2 aromatic heterocycles. The SMILES string of the molecule is CCOC(=O)c1nc(C)c(-c2cccc(NC(=O)OCc3ccccc3)c2C)c2c1[nH]c1cc(OCCOC)ccc12. The van der Waals surface area contributed by atoms with Gasteiger partial charge in [-0.25, -0.2) is 14.6 Å². The second-order valence-electron chi connectivity index (χ2n) is 9.73. The molecule has 0 fully saturated rings. The highest BCUT2D eigenvalue weighted by Crippen LogP contribution is 2.41. The number of amides is 1. The Morgan fingerprint density at radius 3 is 2.52 bits per heavy atom. The molecule has 0 aliphatic rings. The van der Waals surface area contributed by atoms with Gasteiger partial charge in [0.15, 0.2) is 5.69 Å². The largest absolute Gasteiger partial charge is 0.491 e. The summed E-state index contributed by atoms with van der Waals surface area (Å²) in [5.74, 6) is 0.167. The number of H-pyrrole nitrogens is 1. The van der Waals surface area contributed by atoms with E-state index in [-0.39, 0.29) is 18.9 Å². The number of aromatic nitrogens is 2. The zero-order valence-corrected chi connectivity index (χ0v) is 24.1. The van der Waals surface area contributed by atoms with Gasteiger partial charge in [-0.05, 0) is 55.7 Å². The lowest BCUT2D eigenvalue weighted by atomic mass is 9.93. The third-order valence-electron chi connectivity index (χ3n) is 6.98. The number of aromatic amines is 1. The van der Waals surface area contributed by atoms with E-state index in [1.54, 1.807) is 14.0 Å². The van der Waals surface area contributed by atoms with Gasteiger partial charge in [-0.2, -0.15) is 0 Å². The van der Waals surface area contributed by atoms with Crippen LogP contribution in [0.4, 0.5) is 10.5 Å². The number of carbonyl (C=O) groups excluding carboxylic acids is 2. The fraction of sp³-hybridized carbons (Fsp3) is 0.242. The molecule has 216 valence electrons. The number of nitrogens with one attached hydrogen (secondary N) is 2. The molecule has 0 bridgehead atoms. The molecule has 9 nitrogen and oxygen atoms in total. The van der Waals surface area contributed by atoms with E-state index in [0.717, 1.165) is 38.5 Å². The molecular weight excluding hydrogens is 534 g/mol. The van der Waals surface area contributed by atoms with Crippen LogP contribution < -0.4 is 10.1 Å². The van der Waals surface area contributed by atoms with Crippen LogP contribution >= 0.6 is 0 Å². The van der Waals surface area contributed by atoms with Gasteiger partial charge in [0.1, 0.15) is 19.0 Å². The molecule has 0 saturated carbocycles. The Labute approximate surface area is 243 Å². The van der Waals surface area contributed by atoms with Gasteiger partial charge in [0.2, 0.25) is 0 Å². The number of hydrogen-bond acceptors (Lipinski definition) is 7. The fourth-order valence-electron chi connectivity index (χ4n) is 4.99. The van der Waals surface area contributed by atoms with Crippen molar-refractivity contribution in [3.05, 3.63) is 89.2 Å². The van der Waals surface area contributed by atoms with E-state index in [4.69, 9.17) is 23.9 Å². The summed E-state index contributed by atoms with van der Waals surface area (Å²) in [6.45, 7) is 6.83. The molecule has 5 rings (SSSR count). The smallest absolute Gasteiger partial charge is 0.411 e. The average molecular weight is 568 g/mol. The van der Waals surface area contributed by atoms with Gasteiger partial charge in [0, 0.05) is 40.9 Å². The van der Waals surface area contributed by atoms with E-state index in [0.29, 0.717) is 35.9 Å². The lowest BCUT2D eigenvalue weighted by Gasteiger charge is -2.16. The Hall–Kier alpha value is -4.89. The Morgan fingerprint density at radius 2 is 1.76 bits per heavy atom. The summed E-state index contributed by atoms with van der Waals surface area (Å²) in [6.07, 6.45) is -0.551. The van der Waals surface area contributed by atoms with Gasteiger partial charge in [-0.1, -0.05) is 42.5 Å². The van der Waals surface area contributed by atoms with E-state index >= 15 is 0 Å². The number of carbonyl (C=O) groups is 2. The molecule has 5 aromatic rings. The Kier molecular flexibility index (Phi) is 8.68. The van der Waals surface area contributed by atoms with Crippen LogP contribution in [0.1, 0.15) is 34.2 Å². The molecule has 0 atom stereocenters. The summed E-state index contributed by atoms with van der Waals surface area (Å²) in [7, 11) is 1.62. The molecule has 0 radical (unpaired) electrons. The predicted molar refractivity (Wildman–Crippen MR) is 162 cm³/mol. The van der Waals surface area contributed by atoms with Gasteiger partial charge in [0.25, 0.3) is 0 Å². The van der Waals surface area contributed by atoms with Crippen molar-refractivity contribution in [3.8, 4) is 16.9 Å². The molecule has 3 aromatic carbocycles. The third-order valence-corrected chi connectivity index (χ3v) is 6.98. The minimum atomic E-state index is -0.551. The maximum Gasteiger partial charge on any atom is 0.411 e. The van der Waals surface area contributed by atoms with Crippen LogP contribution in [0.15, 0.2) is 66.7 Å². The predicted octanol–water partition coefficient (Wildman–Crippen LogP) is 6.95. The normalized spacial score (nSPS) is 11.0. The van der Waals surface area contributed by atoms with Crippen LogP contribution in [-0.4, -0.2) is 49.0 Å². The van der Waals surface area contributed by atoms with E-state index in [9.17, 15) is 9.59 Å². The highest BCUT2D eigenvalue weighted by atomic mass is 16.5. The molecule has 0 unspecified atom stereocenters. The molecule has 1 amide bonds. The van der Waals surface area contributed by atoms with Crippen LogP contribution in [0.25, 0.3) is 32.9 Å². The van der Waals surface area contributed by atoms with Crippen molar-refractivity contribution in [2.75, 3.05) is 32.2 Å². The van der Waals surface area contributed by atoms with Crippen LogP contribution in [-0.2, 0) is 20.8 Å². The van der Waals surface area contributed by atoms with E-state index in [1.807, 2.05) is 80.6 Å². The number of aryl methyl sites for hydroxylation is 1. The highest BCUT2D eigenvalue weighted by molar-refractivity contribution is 6.19. The number of methoxy groups -OCH3 is 1. The average Bonchev–Trinajstić information content (AvgIpc) is 3.36. The first-order chi connectivity index (χ1) is 20.4. The molecular formula is C33H33N3O6. The third kappa shape index (κ3) is 5.91. The molecule has 2 heterocycles. The number of esters is 1. The van der Waals surface area contributed by atoms with Gasteiger partial charge < -0.3 is 23.9 Å². The zero-order chi connectivity index (χ0) is 29.6. The quantitative estimate of drug-likeness (QED) is 0.139. The molecule has 0 aliphatic heterocycles. The maximum atomic E-state index is 13.0. The Bertz CT molecular complexity index is 1750. The van der Waals surface area contributed by atoms with Crippen molar-refractivity contribution >= 4 is 39.6 Å². The van der Waals surface area contributed by atoms with Gasteiger partial charge in [-0.15, -0.1) is 0 Å². The molecule has 2 N–H and O–H groups in total. The van der Waals surface area contributed by atoms with Crippen molar-refractivity contribution in [2.24, 2.45) is 0 Å². The molecule has 0 aliphatic carbocycles. The Morgan fingerprint density at radius 1 is 0.952 bits per heavy atom. The number of nitrogens with zero attached hydrogens (tertiary/aromatic N) is 1. The number of benzene rings is 3. The Balaban J connectivity index is 1.58. The molecule has 0 spiro atoms. The first-order valence-electron chi connectivity index (χ1n) is 13.7. The van der Waals surface area contributed by atoms with Crippen molar-refractivity contribution < 1.29 is 28.5 Å². The molecule has 9 heteroatoms. The number of fused-ring (bicyclic) bond motifs is 3. The van der Waals surface area contributed by atoms with Crippen molar-refractivity contribution in [3.63, 3.8) is 0 Å². The summed E-state index contributed by atoms with van der Waals surface area (Å²) < 4.78 is 21.7. The topological polar surface area (TPSA) is 112 Å². The van der Waals surface area contributed by atoms with E-state index in [2.05, 4.69) is 10.3 Å². The van der Waals surface area contributed by atoms with Gasteiger partial charge in [0.05, 0.1) is 24.2 Å². The summed E-state index contributed by atoms with van der Waals surface area (Å²) in [6, 6.07) is 20.9. The lowest BCUT2D eigenvalue weighted by Crippen LogP contribution is -2.14. The van der Waals surface area contributed by atoms with E-state index in [1.165, 1.54) is 0 Å². The summed E-state index contributed by atoms with van der Waals surface area (Å²) in [5, 5.41) is 4.60. The summed E-state index contributed by atoms with van der Waals surface area (Å²) in [4.78, 5) is 33.8. The number of hydrogen-bond donors (Lipinski definition) is 2. The fourth-order valence-corrected chi connectivity index (χ4v) is 4.99. The highest BCUT2D eigenvalue weighted by Gasteiger charge is 2.24. The maximum absolute atomic E-state index is 13.0. The van der Waals surface area contributed by atoms with Crippen molar-refractivity contribution in [2.45, 2.75) is 27.4 Å². The summed E-state index contributed by atoms with van der Waals surface area (Å²) in [5.41, 5.74) is 6.27. The minimum Gasteiger partial charge on any atom is -0.491 e. The first-order valence-corrected chi connectivity index (χ1v) is 13.7.